The van der Waals surface area contributed by atoms with Gasteiger partial charge < -0.3 is 9.88 Å². The van der Waals surface area contributed by atoms with Gasteiger partial charge in [-0.05, 0) is 67.7 Å². The molecule has 1 aliphatic heterocycles. The molecular weight excluding hydrogens is 284 g/mol. The number of aryl methyl sites for hydroxylation is 3. The minimum Gasteiger partial charge on any atom is -0.344 e. The second-order valence-electron chi connectivity index (χ2n) is 7.57. The van der Waals surface area contributed by atoms with Crippen molar-refractivity contribution in [3.8, 4) is 0 Å². The third-order valence-electron chi connectivity index (χ3n) is 5.25. The smallest absolute Gasteiger partial charge is 0.224 e. The van der Waals surface area contributed by atoms with Crippen LogP contribution in [0.15, 0.2) is 12.1 Å². The molecule has 23 heavy (non-hydrogen) atoms. The van der Waals surface area contributed by atoms with Gasteiger partial charge >= 0.3 is 0 Å². The molecule has 122 valence electrons. The van der Waals surface area contributed by atoms with E-state index in [0.717, 1.165) is 18.7 Å². The molecular formula is C20H26N2O. The van der Waals surface area contributed by atoms with E-state index in [0.29, 0.717) is 12.3 Å². The molecule has 2 aromatic rings. The van der Waals surface area contributed by atoms with Gasteiger partial charge in [0.25, 0.3) is 0 Å². The molecule has 3 heteroatoms. The van der Waals surface area contributed by atoms with Gasteiger partial charge in [-0.15, -0.1) is 0 Å². The average Bonchev–Trinajstić information content (AvgIpc) is 2.83. The third kappa shape index (κ3) is 2.56. The number of carbonyl (C=O) groups is 1. The first-order valence-electron chi connectivity index (χ1n) is 9.10. The van der Waals surface area contributed by atoms with Crippen LogP contribution in [0.3, 0.4) is 0 Å². The fourth-order valence-electron chi connectivity index (χ4n) is 4.38. The summed E-state index contributed by atoms with van der Waals surface area (Å²) in [6.07, 6.45) is 7.97. The van der Waals surface area contributed by atoms with Crippen LogP contribution in [-0.4, -0.2) is 10.5 Å². The number of fused-ring (bicyclic) bond motifs is 3. The number of hydrogen-bond acceptors (Lipinski definition) is 1. The monoisotopic (exact) mass is 310 g/mol. The fourth-order valence-corrected chi connectivity index (χ4v) is 4.38. The van der Waals surface area contributed by atoms with Gasteiger partial charge in [0.1, 0.15) is 0 Å². The van der Waals surface area contributed by atoms with Crippen molar-refractivity contribution in [2.45, 2.75) is 65.3 Å². The summed E-state index contributed by atoms with van der Waals surface area (Å²) in [5.41, 5.74) is 6.98. The van der Waals surface area contributed by atoms with Crippen molar-refractivity contribution in [1.82, 2.24) is 4.57 Å². The van der Waals surface area contributed by atoms with E-state index in [1.165, 1.54) is 48.6 Å². The van der Waals surface area contributed by atoms with Crippen LogP contribution in [0, 0.1) is 5.92 Å². The van der Waals surface area contributed by atoms with Crippen LogP contribution in [0.1, 0.15) is 56.4 Å². The highest BCUT2D eigenvalue weighted by Gasteiger charge is 2.24. The predicted octanol–water partition coefficient (Wildman–Crippen LogP) is 4.45. The number of rotatable bonds is 3. The van der Waals surface area contributed by atoms with Crippen molar-refractivity contribution in [3.05, 3.63) is 29.0 Å². The zero-order chi connectivity index (χ0) is 16.0. The van der Waals surface area contributed by atoms with Crippen LogP contribution in [-0.2, 0) is 30.6 Å². The molecule has 4 rings (SSSR count). The number of nitrogens with zero attached hydrogens (tertiary/aromatic N) is 1. The standard InChI is InChI=1S/C20H26N2O/c1-13(2)10-19(23)21-15-11-14-6-5-9-22-18-8-4-3-7-16(18)17(12-15)20(14)22/h11-13H,3-10H2,1-2H3,(H,21,23). The van der Waals surface area contributed by atoms with Crippen LogP contribution >= 0.6 is 0 Å². The summed E-state index contributed by atoms with van der Waals surface area (Å²) < 4.78 is 2.57. The number of hydrogen-bond donors (Lipinski definition) is 1. The van der Waals surface area contributed by atoms with Crippen LogP contribution in [0.4, 0.5) is 5.69 Å². The molecule has 0 saturated carbocycles. The van der Waals surface area contributed by atoms with Gasteiger partial charge in [0, 0.05) is 29.7 Å². The number of benzene rings is 1. The molecule has 0 radical (unpaired) electrons. The van der Waals surface area contributed by atoms with Crippen LogP contribution in [0.2, 0.25) is 0 Å². The summed E-state index contributed by atoms with van der Waals surface area (Å²) in [4.78, 5) is 12.2. The van der Waals surface area contributed by atoms with Gasteiger partial charge in [-0.2, -0.15) is 0 Å². The van der Waals surface area contributed by atoms with Gasteiger partial charge in [0.2, 0.25) is 5.91 Å². The van der Waals surface area contributed by atoms with E-state index in [-0.39, 0.29) is 5.91 Å². The van der Waals surface area contributed by atoms with Gasteiger partial charge in [0.15, 0.2) is 0 Å². The number of anilines is 1. The number of aromatic nitrogens is 1. The van der Waals surface area contributed by atoms with Gasteiger partial charge in [-0.25, -0.2) is 0 Å². The summed E-state index contributed by atoms with van der Waals surface area (Å²) in [7, 11) is 0. The first-order chi connectivity index (χ1) is 11.1. The Morgan fingerprint density at radius 3 is 2.83 bits per heavy atom. The van der Waals surface area contributed by atoms with Crippen molar-refractivity contribution < 1.29 is 4.79 Å². The Bertz CT molecular complexity index is 770. The van der Waals surface area contributed by atoms with E-state index >= 15 is 0 Å². The maximum atomic E-state index is 12.2. The summed E-state index contributed by atoms with van der Waals surface area (Å²) >= 11 is 0. The Kier molecular flexibility index (Phi) is 3.67. The SMILES string of the molecule is CC(C)CC(=O)Nc1cc2c3c(c1)c1c(n3CCC2)CCCC1. The maximum Gasteiger partial charge on any atom is 0.224 e. The van der Waals surface area contributed by atoms with Crippen LogP contribution in [0.25, 0.3) is 10.9 Å². The third-order valence-corrected chi connectivity index (χ3v) is 5.25. The second kappa shape index (κ2) is 5.70. The van der Waals surface area contributed by atoms with Crippen molar-refractivity contribution in [2.24, 2.45) is 5.92 Å². The Labute approximate surface area is 138 Å². The zero-order valence-electron chi connectivity index (χ0n) is 14.2. The first kappa shape index (κ1) is 14.8. The number of amides is 1. The van der Waals surface area contributed by atoms with Crippen molar-refractivity contribution in [1.29, 1.82) is 0 Å². The summed E-state index contributed by atoms with van der Waals surface area (Å²) in [5, 5.41) is 4.53. The van der Waals surface area contributed by atoms with Gasteiger partial charge in [0.05, 0.1) is 5.52 Å². The molecule has 0 atom stereocenters. The molecule has 0 bridgehead atoms. The molecule has 1 aromatic heterocycles. The van der Waals surface area contributed by atoms with Gasteiger partial charge in [-0.3, -0.25) is 4.79 Å². The molecule has 1 amide bonds. The lowest BCUT2D eigenvalue weighted by atomic mass is 9.94. The van der Waals surface area contributed by atoms with Crippen molar-refractivity contribution >= 4 is 22.5 Å². The minimum atomic E-state index is 0.135. The minimum absolute atomic E-state index is 0.135. The average molecular weight is 310 g/mol. The molecule has 0 unspecified atom stereocenters. The van der Waals surface area contributed by atoms with Crippen LogP contribution < -0.4 is 5.32 Å². The molecule has 0 saturated heterocycles. The van der Waals surface area contributed by atoms with Gasteiger partial charge in [-0.1, -0.05) is 13.8 Å². The molecule has 2 aliphatic rings. The first-order valence-corrected chi connectivity index (χ1v) is 9.10. The highest BCUT2D eigenvalue weighted by atomic mass is 16.1. The molecule has 2 heterocycles. The van der Waals surface area contributed by atoms with E-state index in [1.807, 2.05) is 0 Å². The van der Waals surface area contributed by atoms with E-state index in [4.69, 9.17) is 0 Å². The van der Waals surface area contributed by atoms with Crippen LogP contribution in [0.5, 0.6) is 0 Å². The van der Waals surface area contributed by atoms with E-state index in [9.17, 15) is 4.79 Å². The van der Waals surface area contributed by atoms with E-state index in [1.54, 1.807) is 11.3 Å². The largest absolute Gasteiger partial charge is 0.344 e. The number of carbonyl (C=O) groups excluding carboxylic acids is 1. The maximum absolute atomic E-state index is 12.2. The van der Waals surface area contributed by atoms with Crippen molar-refractivity contribution in [3.63, 3.8) is 0 Å². The Morgan fingerprint density at radius 1 is 1.17 bits per heavy atom. The quantitative estimate of drug-likeness (QED) is 0.893. The number of nitrogens with one attached hydrogen (secondary N) is 1. The molecule has 1 aliphatic carbocycles. The fraction of sp³-hybridized carbons (Fsp3) is 0.550. The Morgan fingerprint density at radius 2 is 2.00 bits per heavy atom. The van der Waals surface area contributed by atoms with Crippen molar-refractivity contribution in [2.75, 3.05) is 5.32 Å². The topological polar surface area (TPSA) is 34.0 Å². The molecule has 1 aromatic carbocycles. The summed E-state index contributed by atoms with van der Waals surface area (Å²) in [5.74, 6) is 0.529. The normalized spacial score (nSPS) is 16.7. The molecule has 1 N–H and O–H groups in total. The predicted molar refractivity (Wildman–Crippen MR) is 95.0 cm³/mol. The highest BCUT2D eigenvalue weighted by Crippen LogP contribution is 2.38. The molecule has 0 spiro atoms. The molecule has 3 nitrogen and oxygen atoms in total. The Balaban J connectivity index is 1.79. The highest BCUT2D eigenvalue weighted by molar-refractivity contribution is 5.97. The van der Waals surface area contributed by atoms with E-state index < -0.39 is 0 Å². The van der Waals surface area contributed by atoms with E-state index in [2.05, 4.69) is 35.9 Å². The second-order valence-corrected chi connectivity index (χ2v) is 7.57. The zero-order valence-corrected chi connectivity index (χ0v) is 14.2. The lowest BCUT2D eigenvalue weighted by Gasteiger charge is -2.20. The lowest BCUT2D eigenvalue weighted by molar-refractivity contribution is -0.116. The lowest BCUT2D eigenvalue weighted by Crippen LogP contribution is -2.15. The molecule has 0 fully saturated rings. The summed E-state index contributed by atoms with van der Waals surface area (Å²) in [6, 6.07) is 4.44. The Hall–Kier alpha value is -1.77. The summed E-state index contributed by atoms with van der Waals surface area (Å²) in [6.45, 7) is 5.34.